The molecule has 0 aromatic heterocycles. The Balaban J connectivity index is 3.23. The molecule has 0 saturated carbocycles. The van der Waals surface area contributed by atoms with E-state index in [2.05, 4.69) is 5.32 Å². The largest absolute Gasteiger partial charge is 0.379 e. The van der Waals surface area contributed by atoms with Crippen LogP contribution in [-0.2, 0) is 4.79 Å². The van der Waals surface area contributed by atoms with Crippen LogP contribution in [0.3, 0.4) is 0 Å². The Morgan fingerprint density at radius 1 is 1.62 bits per heavy atom. The quantitative estimate of drug-likeness (QED) is 0.387. The molecule has 0 aliphatic heterocycles. The minimum atomic E-state index is -0.602. The molecule has 2 unspecified atom stereocenters. The third-order valence-corrected chi connectivity index (χ3v) is 0.708. The van der Waals surface area contributed by atoms with Crippen molar-refractivity contribution < 1.29 is 9.90 Å². The molecule has 0 bridgehead atoms. The molecule has 0 saturated heterocycles. The maximum atomic E-state index is 9.87. The molecule has 3 heteroatoms. The molecule has 0 aromatic carbocycles. The monoisotopic (exact) mass is 117 g/mol. The minimum Gasteiger partial charge on any atom is -0.379 e. The average Bonchev–Trinajstić information content (AvgIpc) is 1.65. The average molecular weight is 117 g/mol. The molecule has 0 heterocycles. The van der Waals surface area contributed by atoms with Crippen molar-refractivity contribution in [2.45, 2.75) is 26.1 Å². The molecule has 0 rings (SSSR count). The van der Waals surface area contributed by atoms with Crippen LogP contribution in [0.2, 0.25) is 0 Å². The van der Waals surface area contributed by atoms with Gasteiger partial charge in [0.2, 0.25) is 0 Å². The van der Waals surface area contributed by atoms with Crippen molar-refractivity contribution in [2.24, 2.45) is 0 Å². The normalized spacial score (nSPS) is 17.4. The Hall–Kier alpha value is -0.410. The van der Waals surface area contributed by atoms with Crippen LogP contribution < -0.4 is 5.32 Å². The number of hydrogen-bond acceptors (Lipinski definition) is 3. The molecule has 8 heavy (non-hydrogen) atoms. The summed E-state index contributed by atoms with van der Waals surface area (Å²) in [7, 11) is 0. The van der Waals surface area contributed by atoms with E-state index in [0.717, 1.165) is 6.29 Å². The zero-order valence-corrected chi connectivity index (χ0v) is 5.09. The highest BCUT2D eigenvalue weighted by Gasteiger charge is 1.99. The summed E-state index contributed by atoms with van der Waals surface area (Å²) in [5.41, 5.74) is 0. The molecule has 0 aliphatic carbocycles. The summed E-state index contributed by atoms with van der Waals surface area (Å²) >= 11 is 0. The first-order valence-electron chi connectivity index (χ1n) is 2.56. The van der Waals surface area contributed by atoms with Gasteiger partial charge in [-0.25, -0.2) is 0 Å². The van der Waals surface area contributed by atoms with Gasteiger partial charge in [-0.1, -0.05) is 0 Å². The molecule has 0 aliphatic rings. The van der Waals surface area contributed by atoms with Crippen LogP contribution in [0.25, 0.3) is 0 Å². The number of carbonyl (C=O) groups excluding carboxylic acids is 1. The van der Waals surface area contributed by atoms with Gasteiger partial charge in [0.05, 0.1) is 6.04 Å². The van der Waals surface area contributed by atoms with E-state index in [1.165, 1.54) is 0 Å². The molecule has 0 amide bonds. The lowest BCUT2D eigenvalue weighted by atomic mass is 10.4. The van der Waals surface area contributed by atoms with Gasteiger partial charge in [0.15, 0.2) is 0 Å². The molecule has 0 spiro atoms. The van der Waals surface area contributed by atoms with Gasteiger partial charge in [-0.3, -0.25) is 5.32 Å². The molecule has 0 aromatic rings. The summed E-state index contributed by atoms with van der Waals surface area (Å²) in [6.07, 6.45) is 0.141. The molecular formula is C5H11NO2. The van der Waals surface area contributed by atoms with E-state index < -0.39 is 6.23 Å². The predicted molar refractivity (Wildman–Crippen MR) is 30.3 cm³/mol. The predicted octanol–water partition coefficient (Wildman–Crippen LogP) is -0.498. The minimum absolute atomic E-state index is 0.255. The van der Waals surface area contributed by atoms with Crippen molar-refractivity contribution in [2.75, 3.05) is 0 Å². The van der Waals surface area contributed by atoms with Gasteiger partial charge in [-0.2, -0.15) is 0 Å². The summed E-state index contributed by atoms with van der Waals surface area (Å²) in [6, 6.07) is -0.255. The van der Waals surface area contributed by atoms with Crippen LogP contribution in [0.4, 0.5) is 0 Å². The number of aliphatic hydroxyl groups is 1. The van der Waals surface area contributed by atoms with E-state index in [9.17, 15) is 4.79 Å². The second kappa shape index (κ2) is 3.57. The van der Waals surface area contributed by atoms with E-state index in [1.807, 2.05) is 0 Å². The van der Waals surface area contributed by atoms with Crippen molar-refractivity contribution >= 4 is 6.29 Å². The Morgan fingerprint density at radius 3 is 2.25 bits per heavy atom. The van der Waals surface area contributed by atoms with Crippen molar-refractivity contribution in [1.29, 1.82) is 0 Å². The van der Waals surface area contributed by atoms with Gasteiger partial charge in [-0.15, -0.1) is 0 Å². The van der Waals surface area contributed by atoms with E-state index in [0.29, 0.717) is 0 Å². The van der Waals surface area contributed by atoms with Crippen LogP contribution >= 0.6 is 0 Å². The number of rotatable bonds is 3. The molecule has 2 atom stereocenters. The van der Waals surface area contributed by atoms with Crippen molar-refractivity contribution in [3.8, 4) is 0 Å². The summed E-state index contributed by atoms with van der Waals surface area (Å²) in [5, 5.41) is 11.2. The molecule has 0 fully saturated rings. The molecule has 0 radical (unpaired) electrons. The first-order chi connectivity index (χ1) is 3.66. The molecule has 3 nitrogen and oxygen atoms in total. The van der Waals surface area contributed by atoms with Gasteiger partial charge in [0.25, 0.3) is 0 Å². The summed E-state index contributed by atoms with van der Waals surface area (Å²) in [6.45, 7) is 3.25. The maximum Gasteiger partial charge on any atom is 0.136 e. The van der Waals surface area contributed by atoms with Crippen molar-refractivity contribution in [3.05, 3.63) is 0 Å². The summed E-state index contributed by atoms with van der Waals surface area (Å²) in [4.78, 5) is 9.87. The van der Waals surface area contributed by atoms with Gasteiger partial charge in [0.1, 0.15) is 12.5 Å². The first-order valence-corrected chi connectivity index (χ1v) is 2.56. The van der Waals surface area contributed by atoms with E-state index >= 15 is 0 Å². The fourth-order valence-corrected chi connectivity index (χ4v) is 0.420. The highest BCUT2D eigenvalue weighted by Crippen LogP contribution is 1.76. The fraction of sp³-hybridized carbons (Fsp3) is 0.800. The van der Waals surface area contributed by atoms with Gasteiger partial charge < -0.3 is 9.90 Å². The fourth-order valence-electron chi connectivity index (χ4n) is 0.420. The highest BCUT2D eigenvalue weighted by molar-refractivity contribution is 5.56. The summed E-state index contributed by atoms with van der Waals surface area (Å²) < 4.78 is 0. The van der Waals surface area contributed by atoms with Crippen molar-refractivity contribution in [1.82, 2.24) is 5.32 Å². The number of carbonyl (C=O) groups is 1. The number of hydrogen-bond donors (Lipinski definition) is 2. The van der Waals surface area contributed by atoms with Crippen LogP contribution in [0.5, 0.6) is 0 Å². The van der Waals surface area contributed by atoms with E-state index in [-0.39, 0.29) is 6.04 Å². The standard InChI is InChI=1S/C5H11NO2/c1-4(3-7)6-5(2)8/h3-6,8H,1-2H3. The Labute approximate surface area is 48.7 Å². The molecular weight excluding hydrogens is 106 g/mol. The van der Waals surface area contributed by atoms with Crippen molar-refractivity contribution in [3.63, 3.8) is 0 Å². The van der Waals surface area contributed by atoms with Crippen LogP contribution in [0.1, 0.15) is 13.8 Å². The first kappa shape index (κ1) is 7.59. The SMILES string of the molecule is CC(O)NC(C)C=O. The maximum absolute atomic E-state index is 9.87. The van der Waals surface area contributed by atoms with Gasteiger partial charge in [0, 0.05) is 0 Å². The van der Waals surface area contributed by atoms with Gasteiger partial charge in [-0.05, 0) is 13.8 Å². The second-order valence-electron chi connectivity index (χ2n) is 1.77. The Kier molecular flexibility index (Phi) is 3.39. The van der Waals surface area contributed by atoms with E-state index in [4.69, 9.17) is 5.11 Å². The van der Waals surface area contributed by atoms with Crippen LogP contribution in [0, 0.1) is 0 Å². The second-order valence-corrected chi connectivity index (χ2v) is 1.77. The van der Waals surface area contributed by atoms with Gasteiger partial charge >= 0.3 is 0 Å². The Morgan fingerprint density at radius 2 is 2.12 bits per heavy atom. The highest BCUT2D eigenvalue weighted by atomic mass is 16.3. The lowest BCUT2D eigenvalue weighted by Gasteiger charge is -2.08. The number of aldehydes is 1. The molecule has 48 valence electrons. The van der Waals surface area contributed by atoms with Crippen LogP contribution in [0.15, 0.2) is 0 Å². The smallest absolute Gasteiger partial charge is 0.136 e. The zero-order valence-electron chi connectivity index (χ0n) is 5.09. The number of aliphatic hydroxyl groups excluding tert-OH is 1. The summed E-state index contributed by atoms with van der Waals surface area (Å²) in [5.74, 6) is 0. The Bertz CT molecular complexity index is 72.8. The lowest BCUT2D eigenvalue weighted by molar-refractivity contribution is -0.110. The zero-order chi connectivity index (χ0) is 6.57. The molecule has 2 N–H and O–H groups in total. The lowest BCUT2D eigenvalue weighted by Crippen LogP contribution is -2.34. The van der Waals surface area contributed by atoms with E-state index in [1.54, 1.807) is 13.8 Å². The topological polar surface area (TPSA) is 49.3 Å². The number of nitrogens with one attached hydrogen (secondary N) is 1. The third kappa shape index (κ3) is 3.77. The van der Waals surface area contributed by atoms with Crippen LogP contribution in [-0.4, -0.2) is 23.7 Å². The third-order valence-electron chi connectivity index (χ3n) is 0.708.